The van der Waals surface area contributed by atoms with Crippen LogP contribution in [0.1, 0.15) is 21.5 Å². The van der Waals surface area contributed by atoms with Crippen LogP contribution in [0.2, 0.25) is 0 Å². The highest BCUT2D eigenvalue weighted by Crippen LogP contribution is 2.37. The van der Waals surface area contributed by atoms with E-state index in [9.17, 15) is 4.79 Å². The molecule has 2 aromatic carbocycles. The highest BCUT2D eigenvalue weighted by Gasteiger charge is 2.27. The van der Waals surface area contributed by atoms with Gasteiger partial charge in [-0.25, -0.2) is 0 Å². The van der Waals surface area contributed by atoms with E-state index < -0.39 is 0 Å². The number of nitrogens with zero attached hydrogens (tertiary/aromatic N) is 1. The summed E-state index contributed by atoms with van der Waals surface area (Å²) in [5.41, 5.74) is 4.62. The van der Waals surface area contributed by atoms with Crippen molar-refractivity contribution in [3.8, 4) is 11.5 Å². The summed E-state index contributed by atoms with van der Waals surface area (Å²) in [5.74, 6) is 1.30. The van der Waals surface area contributed by atoms with Gasteiger partial charge in [0.05, 0.1) is 14.2 Å². The van der Waals surface area contributed by atoms with E-state index in [1.54, 1.807) is 20.3 Å². The predicted molar refractivity (Wildman–Crippen MR) is 96.3 cm³/mol. The lowest BCUT2D eigenvalue weighted by molar-refractivity contribution is 0.104. The number of methoxy groups -OCH3 is 2. The third-order valence-electron chi connectivity index (χ3n) is 4.28. The molecule has 1 aliphatic carbocycles. The average Bonchev–Trinajstić information content (AvgIpc) is 2.89. The molecule has 2 aromatic rings. The summed E-state index contributed by atoms with van der Waals surface area (Å²) in [7, 11) is 7.19. The summed E-state index contributed by atoms with van der Waals surface area (Å²) >= 11 is 0. The van der Waals surface area contributed by atoms with Crippen LogP contribution in [0.4, 0.5) is 5.69 Å². The topological polar surface area (TPSA) is 38.8 Å². The molecule has 0 bridgehead atoms. The second kappa shape index (κ2) is 6.40. The van der Waals surface area contributed by atoms with Crippen LogP contribution in [0.5, 0.6) is 11.5 Å². The van der Waals surface area contributed by atoms with Gasteiger partial charge in [-0.05, 0) is 41.5 Å². The van der Waals surface area contributed by atoms with Crippen LogP contribution < -0.4 is 14.4 Å². The van der Waals surface area contributed by atoms with Gasteiger partial charge in [-0.1, -0.05) is 12.1 Å². The molecule has 24 heavy (non-hydrogen) atoms. The molecule has 0 N–H and O–H groups in total. The van der Waals surface area contributed by atoms with Crippen molar-refractivity contribution in [1.29, 1.82) is 0 Å². The zero-order valence-electron chi connectivity index (χ0n) is 14.4. The number of carbonyl (C=O) groups excluding carboxylic acids is 1. The molecule has 0 spiro atoms. The SMILES string of the molecule is COc1cc2c(cc1OC)C(=O)/C(=C/c1ccc(N(C)C)cc1)C2. The number of Topliss-reactive ketones (excluding diaryl/α,β-unsaturated/α-hetero) is 1. The first-order valence-corrected chi connectivity index (χ1v) is 7.81. The fourth-order valence-corrected chi connectivity index (χ4v) is 2.92. The van der Waals surface area contributed by atoms with Crippen LogP contribution in [-0.4, -0.2) is 34.1 Å². The zero-order valence-corrected chi connectivity index (χ0v) is 14.4. The van der Waals surface area contributed by atoms with Crippen molar-refractivity contribution in [1.82, 2.24) is 0 Å². The van der Waals surface area contributed by atoms with Crippen LogP contribution in [0.25, 0.3) is 6.08 Å². The van der Waals surface area contributed by atoms with Gasteiger partial charge in [0.15, 0.2) is 17.3 Å². The van der Waals surface area contributed by atoms with Gasteiger partial charge in [0, 0.05) is 37.3 Å². The molecule has 0 fully saturated rings. The van der Waals surface area contributed by atoms with E-state index in [-0.39, 0.29) is 5.78 Å². The molecule has 0 unspecified atom stereocenters. The number of benzene rings is 2. The first-order valence-electron chi connectivity index (χ1n) is 7.81. The molecule has 0 atom stereocenters. The van der Waals surface area contributed by atoms with E-state index in [2.05, 4.69) is 0 Å². The highest BCUT2D eigenvalue weighted by molar-refractivity contribution is 6.15. The molecular weight excluding hydrogens is 302 g/mol. The fraction of sp³-hybridized carbons (Fsp3) is 0.250. The van der Waals surface area contributed by atoms with Gasteiger partial charge in [-0.2, -0.15) is 0 Å². The molecule has 3 rings (SSSR count). The number of rotatable bonds is 4. The second-order valence-corrected chi connectivity index (χ2v) is 6.03. The number of fused-ring (bicyclic) bond motifs is 1. The minimum absolute atomic E-state index is 0.0580. The summed E-state index contributed by atoms with van der Waals surface area (Å²) in [5, 5.41) is 0. The first kappa shape index (κ1) is 16.1. The van der Waals surface area contributed by atoms with Gasteiger partial charge in [0.25, 0.3) is 0 Å². The van der Waals surface area contributed by atoms with Gasteiger partial charge in [-0.15, -0.1) is 0 Å². The molecule has 124 valence electrons. The lowest BCUT2D eigenvalue weighted by Crippen LogP contribution is -2.07. The van der Waals surface area contributed by atoms with Crippen molar-refractivity contribution in [2.75, 3.05) is 33.2 Å². The van der Waals surface area contributed by atoms with E-state index in [0.29, 0.717) is 23.5 Å². The lowest BCUT2D eigenvalue weighted by atomic mass is 10.1. The van der Waals surface area contributed by atoms with Crippen molar-refractivity contribution in [3.63, 3.8) is 0 Å². The van der Waals surface area contributed by atoms with Crippen LogP contribution in [0.15, 0.2) is 42.0 Å². The van der Waals surface area contributed by atoms with Gasteiger partial charge in [0.2, 0.25) is 0 Å². The van der Waals surface area contributed by atoms with E-state index in [1.807, 2.05) is 55.4 Å². The Hall–Kier alpha value is -2.75. The summed E-state index contributed by atoms with van der Waals surface area (Å²) in [4.78, 5) is 14.7. The number of ether oxygens (including phenoxy) is 2. The smallest absolute Gasteiger partial charge is 0.189 e. The van der Waals surface area contributed by atoms with Gasteiger partial charge < -0.3 is 14.4 Å². The largest absolute Gasteiger partial charge is 0.493 e. The summed E-state index contributed by atoms with van der Waals surface area (Å²) in [6, 6.07) is 11.8. The van der Waals surface area contributed by atoms with Crippen LogP contribution in [0.3, 0.4) is 0 Å². The monoisotopic (exact) mass is 323 g/mol. The Morgan fingerprint density at radius 3 is 2.21 bits per heavy atom. The Bertz CT molecular complexity index is 804. The van der Waals surface area contributed by atoms with Crippen LogP contribution >= 0.6 is 0 Å². The number of carbonyl (C=O) groups is 1. The zero-order chi connectivity index (χ0) is 17.3. The Labute approximate surface area is 142 Å². The molecule has 0 radical (unpaired) electrons. The van der Waals surface area contributed by atoms with E-state index in [4.69, 9.17) is 9.47 Å². The Kier molecular flexibility index (Phi) is 4.30. The standard InChI is InChI=1S/C20H21NO3/c1-21(2)16-7-5-13(6-8-16)9-15-10-14-11-18(23-3)19(24-4)12-17(14)20(15)22/h5-9,11-12H,10H2,1-4H3/b15-9+. The first-order chi connectivity index (χ1) is 11.5. The van der Waals surface area contributed by atoms with E-state index in [0.717, 1.165) is 22.4 Å². The predicted octanol–water partition coefficient (Wildman–Crippen LogP) is 3.59. The normalized spacial score (nSPS) is 14.7. The maximum Gasteiger partial charge on any atom is 0.189 e. The van der Waals surface area contributed by atoms with Gasteiger partial charge in [0.1, 0.15) is 0 Å². The maximum atomic E-state index is 12.7. The van der Waals surface area contributed by atoms with E-state index >= 15 is 0 Å². The van der Waals surface area contributed by atoms with Crippen molar-refractivity contribution < 1.29 is 14.3 Å². The van der Waals surface area contributed by atoms with Gasteiger partial charge in [-0.3, -0.25) is 4.79 Å². The lowest BCUT2D eigenvalue weighted by Gasteiger charge is -2.11. The number of allylic oxidation sites excluding steroid dienone is 1. The molecule has 0 amide bonds. The fourth-order valence-electron chi connectivity index (χ4n) is 2.92. The molecule has 0 aromatic heterocycles. The maximum absolute atomic E-state index is 12.7. The molecule has 0 saturated heterocycles. The van der Waals surface area contributed by atoms with Crippen molar-refractivity contribution >= 4 is 17.5 Å². The van der Waals surface area contributed by atoms with E-state index in [1.165, 1.54) is 0 Å². The van der Waals surface area contributed by atoms with Crippen LogP contribution in [-0.2, 0) is 6.42 Å². The third kappa shape index (κ3) is 2.87. The summed E-state index contributed by atoms with van der Waals surface area (Å²) < 4.78 is 10.6. The average molecular weight is 323 g/mol. The van der Waals surface area contributed by atoms with Crippen molar-refractivity contribution in [2.24, 2.45) is 0 Å². The number of hydrogen-bond donors (Lipinski definition) is 0. The van der Waals surface area contributed by atoms with Crippen molar-refractivity contribution in [3.05, 3.63) is 58.7 Å². The van der Waals surface area contributed by atoms with Crippen molar-refractivity contribution in [2.45, 2.75) is 6.42 Å². The summed E-state index contributed by atoms with van der Waals surface area (Å²) in [6.45, 7) is 0. The molecular formula is C20H21NO3. The minimum atomic E-state index is 0.0580. The molecule has 4 nitrogen and oxygen atoms in total. The number of hydrogen-bond acceptors (Lipinski definition) is 4. The Morgan fingerprint density at radius 2 is 1.62 bits per heavy atom. The molecule has 0 aliphatic heterocycles. The molecule has 0 heterocycles. The molecule has 0 saturated carbocycles. The second-order valence-electron chi connectivity index (χ2n) is 6.03. The Morgan fingerprint density at radius 1 is 1.00 bits per heavy atom. The van der Waals surface area contributed by atoms with Gasteiger partial charge >= 0.3 is 0 Å². The number of anilines is 1. The third-order valence-corrected chi connectivity index (χ3v) is 4.28. The molecule has 4 heteroatoms. The molecule has 1 aliphatic rings. The minimum Gasteiger partial charge on any atom is -0.493 e. The highest BCUT2D eigenvalue weighted by atomic mass is 16.5. The number of ketones is 1. The quantitative estimate of drug-likeness (QED) is 0.806. The Balaban J connectivity index is 1.92. The summed E-state index contributed by atoms with van der Waals surface area (Å²) in [6.07, 6.45) is 2.57. The van der Waals surface area contributed by atoms with Crippen LogP contribution in [0, 0.1) is 0 Å².